The highest BCUT2D eigenvalue weighted by Gasteiger charge is 2.26. The molecule has 3 rings (SSSR count). The minimum atomic E-state index is -0.434. The molecule has 2 heterocycles. The number of nitro groups is 1. The van der Waals surface area contributed by atoms with Gasteiger partial charge in [-0.2, -0.15) is 0 Å². The second-order valence-electron chi connectivity index (χ2n) is 5.18. The maximum absolute atomic E-state index is 13.8. The summed E-state index contributed by atoms with van der Waals surface area (Å²) < 4.78 is 14.4. The number of benzene rings is 1. The Kier molecular flexibility index (Phi) is 4.42. The number of rotatable bonds is 3. The van der Waals surface area contributed by atoms with E-state index in [-0.39, 0.29) is 11.5 Å². The lowest BCUT2D eigenvalue weighted by Crippen LogP contribution is -2.47. The van der Waals surface area contributed by atoms with Crippen LogP contribution in [0.2, 0.25) is 0 Å². The first-order valence-electron chi connectivity index (χ1n) is 7.10. The number of pyridine rings is 1. The molecule has 0 unspecified atom stereocenters. The van der Waals surface area contributed by atoms with E-state index in [9.17, 15) is 14.5 Å². The Morgan fingerprint density at radius 3 is 2.48 bits per heavy atom. The van der Waals surface area contributed by atoms with Gasteiger partial charge in [0.15, 0.2) is 0 Å². The predicted molar refractivity (Wildman–Crippen MR) is 89.4 cm³/mol. The van der Waals surface area contributed by atoms with Crippen LogP contribution in [-0.4, -0.2) is 36.1 Å². The van der Waals surface area contributed by atoms with Gasteiger partial charge >= 0.3 is 5.69 Å². The molecule has 1 aromatic carbocycles. The molecule has 120 valence electrons. The van der Waals surface area contributed by atoms with Crippen LogP contribution in [0.15, 0.2) is 41.0 Å². The SMILES string of the molecule is O=[N+]([O-])c1cc(Br)cnc1N1CCN(c2ccccc2F)CC1. The fourth-order valence-electron chi connectivity index (χ4n) is 2.67. The van der Waals surface area contributed by atoms with Crippen LogP contribution in [0.1, 0.15) is 0 Å². The molecule has 0 spiro atoms. The van der Waals surface area contributed by atoms with Crippen molar-refractivity contribution >= 4 is 33.1 Å². The lowest BCUT2D eigenvalue weighted by molar-refractivity contribution is -0.384. The minimum Gasteiger partial charge on any atom is -0.366 e. The fourth-order valence-corrected chi connectivity index (χ4v) is 2.99. The van der Waals surface area contributed by atoms with Crippen molar-refractivity contribution in [1.82, 2.24) is 4.98 Å². The molecule has 0 N–H and O–H groups in total. The average molecular weight is 381 g/mol. The van der Waals surface area contributed by atoms with Crippen molar-refractivity contribution in [3.8, 4) is 0 Å². The third-order valence-corrected chi connectivity index (χ3v) is 4.22. The Morgan fingerprint density at radius 1 is 1.17 bits per heavy atom. The standard InChI is InChI=1S/C15H14BrFN4O2/c16-11-9-14(21(22)23)15(18-10-11)20-7-5-19(6-8-20)13-4-2-1-3-12(13)17/h1-4,9-10H,5-8H2. The highest BCUT2D eigenvalue weighted by atomic mass is 79.9. The summed E-state index contributed by atoms with van der Waals surface area (Å²) in [5.41, 5.74) is 0.532. The summed E-state index contributed by atoms with van der Waals surface area (Å²) in [4.78, 5) is 18.8. The summed E-state index contributed by atoms with van der Waals surface area (Å²) in [5, 5.41) is 11.2. The van der Waals surface area contributed by atoms with Crippen LogP contribution >= 0.6 is 15.9 Å². The van der Waals surface area contributed by atoms with Crippen molar-refractivity contribution in [3.05, 3.63) is 56.9 Å². The van der Waals surface area contributed by atoms with E-state index in [2.05, 4.69) is 20.9 Å². The van der Waals surface area contributed by atoms with Gasteiger partial charge < -0.3 is 9.80 Å². The van der Waals surface area contributed by atoms with Gasteiger partial charge in [-0.3, -0.25) is 10.1 Å². The summed E-state index contributed by atoms with van der Waals surface area (Å²) in [6.45, 7) is 2.25. The zero-order valence-electron chi connectivity index (χ0n) is 12.2. The molecule has 0 radical (unpaired) electrons. The van der Waals surface area contributed by atoms with E-state index >= 15 is 0 Å². The lowest BCUT2D eigenvalue weighted by atomic mass is 10.2. The van der Waals surface area contributed by atoms with E-state index < -0.39 is 4.92 Å². The Balaban J connectivity index is 1.77. The molecule has 0 saturated carbocycles. The highest BCUT2D eigenvalue weighted by molar-refractivity contribution is 9.10. The molecular formula is C15H14BrFN4O2. The van der Waals surface area contributed by atoms with Crippen LogP contribution in [0, 0.1) is 15.9 Å². The van der Waals surface area contributed by atoms with Gasteiger partial charge in [0.2, 0.25) is 5.82 Å². The smallest absolute Gasteiger partial charge is 0.312 e. The highest BCUT2D eigenvalue weighted by Crippen LogP contribution is 2.30. The molecule has 0 atom stereocenters. The molecular weight excluding hydrogens is 367 g/mol. The van der Waals surface area contributed by atoms with Crippen LogP contribution in [0.25, 0.3) is 0 Å². The minimum absolute atomic E-state index is 0.0290. The molecule has 1 aromatic heterocycles. The van der Waals surface area contributed by atoms with Gasteiger partial charge in [-0.25, -0.2) is 9.37 Å². The zero-order valence-corrected chi connectivity index (χ0v) is 13.7. The summed E-state index contributed by atoms with van der Waals surface area (Å²) in [6.07, 6.45) is 1.55. The van der Waals surface area contributed by atoms with Crippen LogP contribution in [-0.2, 0) is 0 Å². The quantitative estimate of drug-likeness (QED) is 0.604. The van der Waals surface area contributed by atoms with E-state index in [1.807, 2.05) is 9.80 Å². The first kappa shape index (κ1) is 15.7. The van der Waals surface area contributed by atoms with Crippen molar-refractivity contribution in [3.63, 3.8) is 0 Å². The first-order valence-corrected chi connectivity index (χ1v) is 7.90. The number of hydrogen-bond donors (Lipinski definition) is 0. The largest absolute Gasteiger partial charge is 0.366 e. The van der Waals surface area contributed by atoms with Gasteiger partial charge in [0, 0.05) is 42.9 Å². The number of piperazine rings is 1. The number of hydrogen-bond acceptors (Lipinski definition) is 5. The van der Waals surface area contributed by atoms with Crippen LogP contribution in [0.5, 0.6) is 0 Å². The summed E-state index contributed by atoms with van der Waals surface area (Å²) >= 11 is 3.20. The molecule has 1 saturated heterocycles. The molecule has 1 fully saturated rings. The molecule has 0 aliphatic carbocycles. The number of nitrogens with zero attached hydrogens (tertiary/aromatic N) is 4. The number of para-hydroxylation sites is 1. The molecule has 0 bridgehead atoms. The Labute approximate surface area is 140 Å². The summed E-state index contributed by atoms with van der Waals surface area (Å²) in [7, 11) is 0. The third kappa shape index (κ3) is 3.26. The zero-order chi connectivity index (χ0) is 16.4. The topological polar surface area (TPSA) is 62.5 Å². The lowest BCUT2D eigenvalue weighted by Gasteiger charge is -2.36. The Morgan fingerprint density at radius 2 is 1.83 bits per heavy atom. The molecule has 1 aliphatic heterocycles. The summed E-state index contributed by atoms with van der Waals surface area (Å²) in [5.74, 6) is 0.0973. The molecule has 23 heavy (non-hydrogen) atoms. The Bertz CT molecular complexity index is 735. The van der Waals surface area contributed by atoms with Crippen molar-refractivity contribution in [2.45, 2.75) is 0 Å². The number of halogens is 2. The van der Waals surface area contributed by atoms with Crippen molar-refractivity contribution in [2.75, 3.05) is 36.0 Å². The van der Waals surface area contributed by atoms with Crippen LogP contribution in [0.3, 0.4) is 0 Å². The van der Waals surface area contributed by atoms with E-state index in [1.165, 1.54) is 12.1 Å². The van der Waals surface area contributed by atoms with E-state index in [4.69, 9.17) is 0 Å². The molecule has 8 heteroatoms. The second kappa shape index (κ2) is 6.49. The molecule has 2 aromatic rings. The van der Waals surface area contributed by atoms with Gasteiger partial charge in [-0.15, -0.1) is 0 Å². The molecule has 6 nitrogen and oxygen atoms in total. The van der Waals surface area contributed by atoms with Gasteiger partial charge in [0.25, 0.3) is 0 Å². The molecule has 1 aliphatic rings. The van der Waals surface area contributed by atoms with E-state index in [0.29, 0.717) is 42.2 Å². The first-order chi connectivity index (χ1) is 11.1. The van der Waals surface area contributed by atoms with E-state index in [1.54, 1.807) is 24.4 Å². The van der Waals surface area contributed by atoms with Crippen molar-refractivity contribution < 1.29 is 9.31 Å². The fraction of sp³-hybridized carbons (Fsp3) is 0.267. The number of aromatic nitrogens is 1. The van der Waals surface area contributed by atoms with Crippen LogP contribution < -0.4 is 9.80 Å². The normalized spacial score (nSPS) is 14.9. The summed E-state index contributed by atoms with van der Waals surface area (Å²) in [6, 6.07) is 8.08. The monoisotopic (exact) mass is 380 g/mol. The molecule has 0 amide bonds. The predicted octanol–water partition coefficient (Wildman–Crippen LogP) is 3.22. The van der Waals surface area contributed by atoms with Crippen LogP contribution in [0.4, 0.5) is 21.6 Å². The third-order valence-electron chi connectivity index (χ3n) is 3.78. The maximum atomic E-state index is 13.8. The Hall–Kier alpha value is -2.22. The maximum Gasteiger partial charge on any atom is 0.312 e. The van der Waals surface area contributed by atoms with Gasteiger partial charge in [0.05, 0.1) is 10.6 Å². The van der Waals surface area contributed by atoms with Crippen molar-refractivity contribution in [1.29, 1.82) is 0 Å². The number of anilines is 2. The van der Waals surface area contributed by atoms with Gasteiger partial charge in [-0.1, -0.05) is 12.1 Å². The van der Waals surface area contributed by atoms with Crippen molar-refractivity contribution in [2.24, 2.45) is 0 Å². The second-order valence-corrected chi connectivity index (χ2v) is 6.09. The average Bonchev–Trinajstić information content (AvgIpc) is 2.55. The van der Waals surface area contributed by atoms with E-state index in [0.717, 1.165) is 0 Å². The van der Waals surface area contributed by atoms with Gasteiger partial charge in [-0.05, 0) is 28.1 Å². The van der Waals surface area contributed by atoms with Gasteiger partial charge in [0.1, 0.15) is 5.82 Å².